The minimum atomic E-state index is -4.41. The molecule has 0 amide bonds. The second kappa shape index (κ2) is 10.9. The molecule has 1 aliphatic heterocycles. The van der Waals surface area contributed by atoms with Crippen LogP contribution in [0.15, 0.2) is 66.0 Å². The van der Waals surface area contributed by atoms with Gasteiger partial charge in [-0.25, -0.2) is 9.50 Å². The Balaban J connectivity index is 1.39. The average molecular weight is 526 g/mol. The van der Waals surface area contributed by atoms with Crippen LogP contribution in [-0.2, 0) is 23.5 Å². The monoisotopic (exact) mass is 525 g/mol. The number of benzene rings is 2. The molecule has 0 saturated carbocycles. The highest BCUT2D eigenvalue weighted by molar-refractivity contribution is 7.96. The Morgan fingerprint density at radius 2 is 1.68 bits per heavy atom. The van der Waals surface area contributed by atoms with Gasteiger partial charge in [0, 0.05) is 53.1 Å². The first-order chi connectivity index (χ1) is 17.8. The van der Waals surface area contributed by atoms with Crippen LogP contribution in [0, 0.1) is 0 Å². The predicted octanol–water partition coefficient (Wildman–Crippen LogP) is 6.74. The van der Waals surface area contributed by atoms with Crippen molar-refractivity contribution in [3.8, 4) is 22.3 Å². The third-order valence-electron chi connectivity index (χ3n) is 7.19. The molecule has 3 heterocycles. The Bertz CT molecular complexity index is 1360. The number of rotatable bonds is 7. The van der Waals surface area contributed by atoms with Crippen molar-refractivity contribution in [1.82, 2.24) is 19.5 Å². The lowest BCUT2D eigenvalue weighted by Crippen LogP contribution is -2.31. The number of alkyl halides is 3. The van der Waals surface area contributed by atoms with E-state index >= 15 is 0 Å². The molecule has 37 heavy (non-hydrogen) atoms. The van der Waals surface area contributed by atoms with Crippen LogP contribution in [0.5, 0.6) is 0 Å². The maximum Gasteiger partial charge on any atom is 0.416 e. The lowest BCUT2D eigenvalue weighted by molar-refractivity contribution is -0.137. The first-order valence-electron chi connectivity index (χ1n) is 12.8. The van der Waals surface area contributed by atoms with Crippen LogP contribution < -0.4 is 0 Å². The number of aromatic nitrogens is 3. The Hall–Kier alpha value is -2.84. The van der Waals surface area contributed by atoms with Crippen molar-refractivity contribution >= 4 is 16.5 Å². The Morgan fingerprint density at radius 3 is 2.38 bits per heavy atom. The van der Waals surface area contributed by atoms with E-state index in [9.17, 15) is 13.2 Å². The van der Waals surface area contributed by atoms with Gasteiger partial charge >= 0.3 is 6.18 Å². The van der Waals surface area contributed by atoms with Gasteiger partial charge in [0.05, 0.1) is 11.8 Å². The zero-order chi connectivity index (χ0) is 26.0. The van der Waals surface area contributed by atoms with Gasteiger partial charge in [-0.05, 0) is 62.0 Å². The first-order valence-corrected chi connectivity index (χ1v) is 14.6. The van der Waals surface area contributed by atoms with Crippen LogP contribution in [0.2, 0.25) is 0 Å². The second-order valence-corrected chi connectivity index (χ2v) is 12.0. The summed E-state index contributed by atoms with van der Waals surface area (Å²) < 4.78 is 42.6. The summed E-state index contributed by atoms with van der Waals surface area (Å²) in [7, 11) is -0.275. The van der Waals surface area contributed by atoms with Gasteiger partial charge in [-0.3, -0.25) is 0 Å². The number of hydrogen-bond acceptors (Lipinski definition) is 3. The normalized spacial score (nSPS) is 15.8. The second-order valence-electron chi connectivity index (χ2n) is 9.69. The quantitative estimate of drug-likeness (QED) is 0.251. The highest BCUT2D eigenvalue weighted by Gasteiger charge is 2.33. The van der Waals surface area contributed by atoms with Crippen LogP contribution in [0.4, 0.5) is 13.2 Å². The van der Waals surface area contributed by atoms with Crippen LogP contribution in [0.25, 0.3) is 27.9 Å². The van der Waals surface area contributed by atoms with Crippen molar-refractivity contribution in [1.29, 1.82) is 0 Å². The van der Waals surface area contributed by atoms with Crippen LogP contribution >= 0.6 is 0 Å². The molecule has 0 radical (unpaired) electrons. The standard InChI is InChI=1S/C29H32F3N4S/c1-3-37(2)26-16-23(15-25(17-26)29(30,31)32)27-19-34-36-20-24(18-33-28(27)36)22-9-7-21(8-10-22)11-14-35-12-5-4-6-13-35/h7-10,15-20H,3-6,11-14H2,1-2H3/q+1. The number of piperidine rings is 1. The van der Waals surface area contributed by atoms with E-state index in [2.05, 4.69) is 39.2 Å². The highest BCUT2D eigenvalue weighted by atomic mass is 32.2. The molecular weight excluding hydrogens is 493 g/mol. The van der Waals surface area contributed by atoms with Gasteiger partial charge in [0.2, 0.25) is 0 Å². The summed E-state index contributed by atoms with van der Waals surface area (Å²) in [5.74, 6) is 0.786. The molecule has 1 fully saturated rings. The number of nitrogens with zero attached hydrogens (tertiary/aromatic N) is 4. The SMILES string of the molecule is CC[S+](C)c1cc(-c2cnn3cc(-c4ccc(CCN5CCCCC5)cc4)cnc23)cc(C(F)(F)F)c1. The van der Waals surface area contributed by atoms with E-state index < -0.39 is 11.7 Å². The molecule has 4 aromatic rings. The zero-order valence-electron chi connectivity index (χ0n) is 21.3. The molecule has 0 N–H and O–H groups in total. The fraction of sp³-hybridized carbons (Fsp3) is 0.379. The van der Waals surface area contributed by atoms with E-state index in [0.29, 0.717) is 21.7 Å². The lowest BCUT2D eigenvalue weighted by atomic mass is 10.0. The third-order valence-corrected chi connectivity index (χ3v) is 9.10. The number of halogens is 3. The van der Waals surface area contributed by atoms with Crippen LogP contribution in [-0.4, -0.2) is 51.1 Å². The fourth-order valence-corrected chi connectivity index (χ4v) is 5.84. The predicted molar refractivity (Wildman–Crippen MR) is 145 cm³/mol. The molecule has 1 aliphatic rings. The molecule has 4 nitrogen and oxygen atoms in total. The Morgan fingerprint density at radius 1 is 0.919 bits per heavy atom. The van der Waals surface area contributed by atoms with Gasteiger partial charge in [0.15, 0.2) is 10.5 Å². The number of fused-ring (bicyclic) bond motifs is 1. The topological polar surface area (TPSA) is 33.4 Å². The van der Waals surface area contributed by atoms with Gasteiger partial charge < -0.3 is 4.90 Å². The van der Waals surface area contributed by atoms with Crippen LogP contribution in [0.1, 0.15) is 37.3 Å². The van der Waals surface area contributed by atoms with E-state index in [1.54, 1.807) is 16.9 Å². The van der Waals surface area contributed by atoms with Gasteiger partial charge in [0.25, 0.3) is 0 Å². The molecule has 1 unspecified atom stereocenters. The minimum absolute atomic E-state index is 0.275. The van der Waals surface area contributed by atoms with Crippen molar-refractivity contribution in [2.75, 3.05) is 31.6 Å². The molecule has 1 saturated heterocycles. The molecule has 2 aromatic carbocycles. The molecule has 194 valence electrons. The summed E-state index contributed by atoms with van der Waals surface area (Å²) in [6, 6.07) is 12.8. The molecule has 5 rings (SSSR count). The summed E-state index contributed by atoms with van der Waals surface area (Å²) in [5.41, 5.74) is 4.25. The van der Waals surface area contributed by atoms with Gasteiger partial charge in [0.1, 0.15) is 12.0 Å². The Labute approximate surface area is 218 Å². The van der Waals surface area contributed by atoms with Gasteiger partial charge in [-0.1, -0.05) is 30.7 Å². The number of hydrogen-bond donors (Lipinski definition) is 0. The third kappa shape index (κ3) is 5.85. The average Bonchev–Trinajstić information content (AvgIpc) is 3.35. The fourth-order valence-electron chi connectivity index (χ4n) is 4.85. The summed E-state index contributed by atoms with van der Waals surface area (Å²) >= 11 is 0. The molecular formula is C29H32F3N4S+. The number of likely N-dealkylation sites (tertiary alicyclic amines) is 1. The Kier molecular flexibility index (Phi) is 7.58. The van der Waals surface area contributed by atoms with E-state index in [4.69, 9.17) is 0 Å². The van der Waals surface area contributed by atoms with E-state index in [1.807, 2.05) is 25.4 Å². The van der Waals surface area contributed by atoms with E-state index in [-0.39, 0.29) is 10.9 Å². The minimum Gasteiger partial charge on any atom is -0.303 e. The summed E-state index contributed by atoms with van der Waals surface area (Å²) in [5, 5.41) is 4.44. The van der Waals surface area contributed by atoms with Crippen molar-refractivity contribution in [2.45, 2.75) is 43.7 Å². The summed E-state index contributed by atoms with van der Waals surface area (Å²) in [6.45, 7) is 5.49. The maximum atomic E-state index is 13.6. The maximum absolute atomic E-state index is 13.6. The largest absolute Gasteiger partial charge is 0.416 e. The van der Waals surface area contributed by atoms with Crippen molar-refractivity contribution < 1.29 is 13.2 Å². The van der Waals surface area contributed by atoms with Crippen LogP contribution in [0.3, 0.4) is 0 Å². The molecule has 8 heteroatoms. The molecule has 1 atom stereocenters. The molecule has 2 aromatic heterocycles. The zero-order valence-corrected chi connectivity index (χ0v) is 22.1. The van der Waals surface area contributed by atoms with E-state index in [0.717, 1.165) is 29.8 Å². The highest BCUT2D eigenvalue weighted by Crippen LogP contribution is 2.36. The van der Waals surface area contributed by atoms with Gasteiger partial charge in [-0.15, -0.1) is 0 Å². The molecule has 0 bridgehead atoms. The summed E-state index contributed by atoms with van der Waals surface area (Å²) in [6.07, 6.45) is 7.82. The summed E-state index contributed by atoms with van der Waals surface area (Å²) in [4.78, 5) is 7.86. The van der Waals surface area contributed by atoms with Gasteiger partial charge in [-0.2, -0.15) is 18.3 Å². The van der Waals surface area contributed by atoms with Crippen molar-refractivity contribution in [3.63, 3.8) is 0 Å². The smallest absolute Gasteiger partial charge is 0.303 e. The van der Waals surface area contributed by atoms with Crippen molar-refractivity contribution in [3.05, 3.63) is 72.2 Å². The van der Waals surface area contributed by atoms with Crippen molar-refractivity contribution in [2.24, 2.45) is 0 Å². The molecule has 0 aliphatic carbocycles. The lowest BCUT2D eigenvalue weighted by Gasteiger charge is -2.26. The first kappa shape index (κ1) is 25.8. The van der Waals surface area contributed by atoms with E-state index in [1.165, 1.54) is 50.0 Å². The molecule has 0 spiro atoms.